The average Bonchev–Trinajstić information content (AvgIpc) is 2.67. The first kappa shape index (κ1) is 18.0. The number of nitrogens with zero attached hydrogens (tertiary/aromatic N) is 3. The number of nitriles is 1. The van der Waals surface area contributed by atoms with Crippen LogP contribution in [0.4, 0.5) is 5.69 Å². The Morgan fingerprint density at radius 3 is 2.23 bits per heavy atom. The van der Waals surface area contributed by atoms with Crippen molar-refractivity contribution in [2.45, 2.75) is 26.2 Å². The third kappa shape index (κ3) is 3.88. The molecule has 0 bridgehead atoms. The Bertz CT molecular complexity index is 820. The van der Waals surface area contributed by atoms with Crippen molar-refractivity contribution in [3.8, 4) is 6.07 Å². The number of benzene rings is 2. The van der Waals surface area contributed by atoms with Gasteiger partial charge in [-0.1, -0.05) is 39.0 Å². The molecule has 1 heterocycles. The van der Waals surface area contributed by atoms with Crippen LogP contribution in [-0.4, -0.2) is 37.0 Å². The number of carbonyl (C=O) groups is 1. The maximum absolute atomic E-state index is 12.8. The van der Waals surface area contributed by atoms with Crippen LogP contribution >= 0.6 is 0 Å². The van der Waals surface area contributed by atoms with Gasteiger partial charge in [0.05, 0.1) is 11.6 Å². The largest absolute Gasteiger partial charge is 0.368 e. The lowest BCUT2D eigenvalue weighted by atomic mass is 9.86. The molecule has 0 N–H and O–H groups in total. The molecule has 4 nitrogen and oxygen atoms in total. The van der Waals surface area contributed by atoms with E-state index in [0.717, 1.165) is 24.3 Å². The van der Waals surface area contributed by atoms with Crippen LogP contribution in [0.1, 0.15) is 42.3 Å². The van der Waals surface area contributed by atoms with Crippen LogP contribution in [0.25, 0.3) is 0 Å². The molecule has 3 rings (SSSR count). The summed E-state index contributed by atoms with van der Waals surface area (Å²) in [5, 5.41) is 9.05. The SMILES string of the molecule is CC(C)(C)c1ccc(C(=O)N2CCN(c3cccc(C#N)c3)CC2)cc1. The first-order valence-electron chi connectivity index (χ1n) is 9.03. The van der Waals surface area contributed by atoms with E-state index in [4.69, 9.17) is 5.26 Å². The van der Waals surface area contributed by atoms with Crippen molar-refractivity contribution in [1.82, 2.24) is 4.90 Å². The van der Waals surface area contributed by atoms with E-state index in [9.17, 15) is 4.79 Å². The molecule has 1 fully saturated rings. The number of hydrogen-bond acceptors (Lipinski definition) is 3. The fourth-order valence-electron chi connectivity index (χ4n) is 3.24. The molecule has 1 aliphatic rings. The van der Waals surface area contributed by atoms with Gasteiger partial charge in [0, 0.05) is 37.4 Å². The summed E-state index contributed by atoms with van der Waals surface area (Å²) in [6, 6.07) is 17.8. The molecule has 134 valence electrons. The molecule has 1 amide bonds. The number of hydrogen-bond donors (Lipinski definition) is 0. The van der Waals surface area contributed by atoms with Crippen molar-refractivity contribution in [1.29, 1.82) is 5.26 Å². The van der Waals surface area contributed by atoms with Crippen LogP contribution in [0.2, 0.25) is 0 Å². The number of piperazine rings is 1. The lowest BCUT2D eigenvalue weighted by molar-refractivity contribution is 0.0746. The zero-order chi connectivity index (χ0) is 18.7. The van der Waals surface area contributed by atoms with E-state index in [-0.39, 0.29) is 11.3 Å². The van der Waals surface area contributed by atoms with Crippen LogP contribution in [0.3, 0.4) is 0 Å². The Morgan fingerprint density at radius 1 is 1.00 bits per heavy atom. The highest BCUT2D eigenvalue weighted by Crippen LogP contribution is 2.23. The van der Waals surface area contributed by atoms with Crippen molar-refractivity contribution in [2.75, 3.05) is 31.1 Å². The van der Waals surface area contributed by atoms with Gasteiger partial charge in [-0.15, -0.1) is 0 Å². The second-order valence-electron chi connectivity index (χ2n) is 7.77. The van der Waals surface area contributed by atoms with Gasteiger partial charge in [0.2, 0.25) is 0 Å². The second kappa shape index (κ2) is 7.21. The maximum Gasteiger partial charge on any atom is 0.253 e. The fraction of sp³-hybridized carbons (Fsp3) is 0.364. The number of carbonyl (C=O) groups excluding carboxylic acids is 1. The van der Waals surface area contributed by atoms with Crippen LogP contribution in [0.5, 0.6) is 0 Å². The van der Waals surface area contributed by atoms with Gasteiger partial charge in [0.15, 0.2) is 0 Å². The van der Waals surface area contributed by atoms with Gasteiger partial charge in [0.25, 0.3) is 5.91 Å². The van der Waals surface area contributed by atoms with Crippen LogP contribution in [-0.2, 0) is 5.41 Å². The summed E-state index contributed by atoms with van der Waals surface area (Å²) in [6.45, 7) is 9.45. The van der Waals surface area contributed by atoms with Gasteiger partial charge in [-0.25, -0.2) is 0 Å². The summed E-state index contributed by atoms with van der Waals surface area (Å²) >= 11 is 0. The van der Waals surface area contributed by atoms with Crippen LogP contribution in [0, 0.1) is 11.3 Å². The van der Waals surface area contributed by atoms with Crippen molar-refractivity contribution in [3.05, 3.63) is 65.2 Å². The minimum atomic E-state index is 0.0885. The van der Waals surface area contributed by atoms with E-state index in [1.165, 1.54) is 5.56 Å². The quantitative estimate of drug-likeness (QED) is 0.830. The van der Waals surface area contributed by atoms with E-state index in [0.29, 0.717) is 18.7 Å². The summed E-state index contributed by atoms with van der Waals surface area (Å²) in [4.78, 5) is 16.9. The summed E-state index contributed by atoms with van der Waals surface area (Å²) in [6.07, 6.45) is 0. The number of amides is 1. The Hall–Kier alpha value is -2.80. The summed E-state index contributed by atoms with van der Waals surface area (Å²) < 4.78 is 0. The molecule has 0 aromatic heterocycles. The van der Waals surface area contributed by atoms with Gasteiger partial charge in [-0.3, -0.25) is 4.79 Å². The monoisotopic (exact) mass is 347 g/mol. The van der Waals surface area contributed by atoms with Gasteiger partial charge in [-0.2, -0.15) is 5.26 Å². The predicted molar refractivity (Wildman–Crippen MR) is 104 cm³/mol. The topological polar surface area (TPSA) is 47.3 Å². The van der Waals surface area contributed by atoms with E-state index in [1.54, 1.807) is 0 Å². The van der Waals surface area contributed by atoms with E-state index in [2.05, 4.69) is 43.9 Å². The van der Waals surface area contributed by atoms with Crippen LogP contribution < -0.4 is 4.90 Å². The van der Waals surface area contributed by atoms with Crippen LogP contribution in [0.15, 0.2) is 48.5 Å². The molecule has 2 aromatic carbocycles. The van der Waals surface area contributed by atoms with Gasteiger partial charge in [-0.05, 0) is 41.3 Å². The second-order valence-corrected chi connectivity index (χ2v) is 7.77. The van der Waals surface area contributed by atoms with E-state index in [1.807, 2.05) is 41.3 Å². The summed E-state index contributed by atoms with van der Waals surface area (Å²) in [7, 11) is 0. The molecule has 4 heteroatoms. The first-order valence-corrected chi connectivity index (χ1v) is 9.03. The Balaban J connectivity index is 1.64. The molecule has 1 saturated heterocycles. The minimum Gasteiger partial charge on any atom is -0.368 e. The third-order valence-electron chi connectivity index (χ3n) is 4.91. The third-order valence-corrected chi connectivity index (χ3v) is 4.91. The lowest BCUT2D eigenvalue weighted by Gasteiger charge is -2.36. The highest BCUT2D eigenvalue weighted by molar-refractivity contribution is 5.94. The normalized spacial score (nSPS) is 14.8. The maximum atomic E-state index is 12.8. The van der Waals surface area contributed by atoms with Gasteiger partial charge < -0.3 is 9.80 Å². The van der Waals surface area contributed by atoms with Crippen molar-refractivity contribution in [3.63, 3.8) is 0 Å². The zero-order valence-electron chi connectivity index (χ0n) is 15.7. The Kier molecular flexibility index (Phi) is 4.99. The summed E-state index contributed by atoms with van der Waals surface area (Å²) in [5.74, 6) is 0.0934. The molecule has 0 radical (unpaired) electrons. The smallest absolute Gasteiger partial charge is 0.253 e. The van der Waals surface area contributed by atoms with Gasteiger partial charge >= 0.3 is 0 Å². The average molecular weight is 347 g/mol. The summed E-state index contributed by atoms with van der Waals surface area (Å²) in [5.41, 5.74) is 3.78. The molecular weight excluding hydrogens is 322 g/mol. The molecule has 0 spiro atoms. The molecule has 2 aromatic rings. The highest BCUT2D eigenvalue weighted by atomic mass is 16.2. The van der Waals surface area contributed by atoms with E-state index >= 15 is 0 Å². The number of anilines is 1. The lowest BCUT2D eigenvalue weighted by Crippen LogP contribution is -2.48. The predicted octanol–water partition coefficient (Wildman–Crippen LogP) is 3.82. The highest BCUT2D eigenvalue weighted by Gasteiger charge is 2.23. The molecule has 1 aliphatic heterocycles. The molecule has 0 saturated carbocycles. The zero-order valence-corrected chi connectivity index (χ0v) is 15.7. The minimum absolute atomic E-state index is 0.0885. The number of rotatable bonds is 2. The standard InChI is InChI=1S/C22H25N3O/c1-22(2,3)19-9-7-18(8-10-19)21(26)25-13-11-24(12-14-25)20-6-4-5-17(15-20)16-23/h4-10,15H,11-14H2,1-3H3. The molecule has 26 heavy (non-hydrogen) atoms. The van der Waals surface area contributed by atoms with Gasteiger partial charge in [0.1, 0.15) is 0 Å². The van der Waals surface area contributed by atoms with Crippen molar-refractivity contribution >= 4 is 11.6 Å². The fourth-order valence-corrected chi connectivity index (χ4v) is 3.24. The Labute approximate surface area is 155 Å². The Morgan fingerprint density at radius 2 is 1.65 bits per heavy atom. The first-order chi connectivity index (χ1) is 12.4. The molecule has 0 unspecified atom stereocenters. The van der Waals surface area contributed by atoms with E-state index < -0.39 is 0 Å². The van der Waals surface area contributed by atoms with Crippen molar-refractivity contribution < 1.29 is 4.79 Å². The molecule has 0 atom stereocenters. The van der Waals surface area contributed by atoms with Crippen molar-refractivity contribution in [2.24, 2.45) is 0 Å². The molecular formula is C22H25N3O. The molecule has 0 aliphatic carbocycles.